The molecule has 0 saturated heterocycles. The third-order valence-electron chi connectivity index (χ3n) is 2.09. The van der Waals surface area contributed by atoms with Gasteiger partial charge < -0.3 is 9.47 Å². The predicted molar refractivity (Wildman–Crippen MR) is 61.9 cm³/mol. The Kier molecular flexibility index (Phi) is 5.84. The first-order valence-corrected chi connectivity index (χ1v) is 6.34. The first kappa shape index (κ1) is 16.0. The Hall–Kier alpha value is -1.05. The Labute approximate surface area is 114 Å². The maximum atomic E-state index is 12.2. The Balaban J connectivity index is 3.06. The second kappa shape index (κ2) is 6.93. The second-order valence-corrected chi connectivity index (χ2v) is 4.24. The van der Waals surface area contributed by atoms with Crippen LogP contribution < -0.4 is 9.47 Å². The maximum absolute atomic E-state index is 12.2. The summed E-state index contributed by atoms with van der Waals surface area (Å²) < 4.78 is 69.1. The van der Waals surface area contributed by atoms with E-state index in [9.17, 15) is 22.0 Å². The van der Waals surface area contributed by atoms with E-state index in [1.54, 1.807) is 0 Å². The second-order valence-electron chi connectivity index (χ2n) is 3.45. The van der Waals surface area contributed by atoms with Gasteiger partial charge in [0, 0.05) is 10.9 Å². The largest absolute Gasteiger partial charge is 0.573 e. The van der Waals surface area contributed by atoms with Crippen molar-refractivity contribution in [3.05, 3.63) is 23.8 Å². The minimum absolute atomic E-state index is 0.0282. The molecule has 0 aromatic heterocycles. The monoisotopic (exact) mass is 348 g/mol. The molecule has 0 atom stereocenters. The molecule has 0 unspecified atom stereocenters. The fraction of sp³-hybridized carbons (Fsp3) is 0.455. The van der Waals surface area contributed by atoms with Crippen molar-refractivity contribution in [1.29, 1.82) is 0 Å². The maximum Gasteiger partial charge on any atom is 0.573 e. The lowest BCUT2D eigenvalue weighted by Crippen LogP contribution is -2.18. The summed E-state index contributed by atoms with van der Waals surface area (Å²) in [6.45, 7) is -3.11. The first-order chi connectivity index (χ1) is 8.83. The van der Waals surface area contributed by atoms with E-state index in [0.717, 1.165) is 12.1 Å². The van der Waals surface area contributed by atoms with Crippen LogP contribution in [0.4, 0.5) is 22.0 Å². The zero-order valence-corrected chi connectivity index (χ0v) is 11.1. The van der Waals surface area contributed by atoms with Crippen LogP contribution in [-0.2, 0) is 6.42 Å². The van der Waals surface area contributed by atoms with Gasteiger partial charge in [-0.3, -0.25) is 0 Å². The molecule has 0 aliphatic rings. The predicted octanol–water partition coefficient (Wildman–Crippen LogP) is 4.51. The van der Waals surface area contributed by atoms with Crippen LogP contribution in [-0.4, -0.2) is 18.3 Å². The van der Waals surface area contributed by atoms with Gasteiger partial charge in [-0.05, 0) is 25.0 Å². The van der Waals surface area contributed by atoms with Crippen molar-refractivity contribution in [2.24, 2.45) is 0 Å². The van der Waals surface area contributed by atoms with Crippen LogP contribution in [0, 0.1) is 0 Å². The zero-order chi connectivity index (χ0) is 14.5. The lowest BCUT2D eigenvalue weighted by Gasteiger charge is -2.16. The molecule has 0 fully saturated rings. The number of rotatable bonds is 6. The highest BCUT2D eigenvalue weighted by Gasteiger charge is 2.32. The molecule has 1 rings (SSSR count). The fourth-order valence-corrected chi connectivity index (χ4v) is 1.74. The van der Waals surface area contributed by atoms with Gasteiger partial charge in [-0.25, -0.2) is 0 Å². The molecule has 1 aromatic carbocycles. The number of ether oxygens (including phenoxy) is 2. The molecule has 0 bridgehead atoms. The fourth-order valence-electron chi connectivity index (χ4n) is 1.46. The van der Waals surface area contributed by atoms with E-state index >= 15 is 0 Å². The summed E-state index contributed by atoms with van der Waals surface area (Å²) in [5, 5.41) is 0.515. The highest BCUT2D eigenvalue weighted by atomic mass is 79.9. The number of hydrogen-bond donors (Lipinski definition) is 0. The molecule has 8 heteroatoms. The van der Waals surface area contributed by atoms with Crippen molar-refractivity contribution >= 4 is 15.9 Å². The molecule has 0 radical (unpaired) electrons. The molecular weight excluding hydrogens is 339 g/mol. The smallest absolute Gasteiger partial charge is 0.434 e. The quantitative estimate of drug-likeness (QED) is 0.556. The van der Waals surface area contributed by atoms with Crippen molar-refractivity contribution in [3.63, 3.8) is 0 Å². The lowest BCUT2D eigenvalue weighted by molar-refractivity contribution is -0.274. The van der Waals surface area contributed by atoms with Crippen molar-refractivity contribution in [2.75, 3.05) is 5.33 Å². The summed E-state index contributed by atoms with van der Waals surface area (Å²) in [6.07, 6.45) is -4.30. The molecule has 0 spiro atoms. The van der Waals surface area contributed by atoms with Crippen LogP contribution >= 0.6 is 15.9 Å². The molecule has 1 aromatic rings. The van der Waals surface area contributed by atoms with Crippen LogP contribution in [0.3, 0.4) is 0 Å². The topological polar surface area (TPSA) is 18.5 Å². The third-order valence-corrected chi connectivity index (χ3v) is 2.65. The summed E-state index contributed by atoms with van der Waals surface area (Å²) in [6, 6.07) is 3.41. The Morgan fingerprint density at radius 3 is 2.32 bits per heavy atom. The Morgan fingerprint density at radius 1 is 1.16 bits per heavy atom. The van der Waals surface area contributed by atoms with Crippen LogP contribution in [0.2, 0.25) is 0 Å². The zero-order valence-electron chi connectivity index (χ0n) is 9.52. The average Bonchev–Trinajstić information content (AvgIpc) is 2.25. The van der Waals surface area contributed by atoms with Crippen LogP contribution in [0.1, 0.15) is 12.0 Å². The molecule has 19 heavy (non-hydrogen) atoms. The minimum Gasteiger partial charge on any atom is -0.434 e. The van der Waals surface area contributed by atoms with E-state index in [-0.39, 0.29) is 17.7 Å². The summed E-state index contributed by atoms with van der Waals surface area (Å²) in [5.41, 5.74) is -0.0282. The lowest BCUT2D eigenvalue weighted by atomic mass is 10.1. The normalized spacial score (nSPS) is 11.7. The van der Waals surface area contributed by atoms with Gasteiger partial charge in [-0.15, -0.1) is 13.2 Å². The Bertz CT molecular complexity index is 409. The van der Waals surface area contributed by atoms with Gasteiger partial charge >= 0.3 is 13.0 Å². The van der Waals surface area contributed by atoms with Crippen molar-refractivity contribution in [1.82, 2.24) is 0 Å². The highest BCUT2D eigenvalue weighted by molar-refractivity contribution is 9.09. The van der Waals surface area contributed by atoms with Crippen LogP contribution in [0.5, 0.6) is 11.5 Å². The van der Waals surface area contributed by atoms with Gasteiger partial charge in [-0.1, -0.05) is 22.0 Å². The average molecular weight is 349 g/mol. The van der Waals surface area contributed by atoms with E-state index in [2.05, 4.69) is 25.4 Å². The molecular formula is C11H10BrF5O2. The third kappa shape index (κ3) is 5.63. The highest BCUT2D eigenvalue weighted by Crippen LogP contribution is 2.34. The van der Waals surface area contributed by atoms with E-state index < -0.39 is 18.7 Å². The molecule has 0 aliphatic heterocycles. The standard InChI is InChI=1S/C11H10BrF5O2/c12-6-2-3-7-8(18-10(13)14)4-1-5-9(7)19-11(15,16)17/h1,4-5,10H,2-3,6H2. The summed E-state index contributed by atoms with van der Waals surface area (Å²) >= 11 is 3.12. The van der Waals surface area contributed by atoms with E-state index in [1.165, 1.54) is 6.07 Å². The van der Waals surface area contributed by atoms with E-state index in [1.807, 2.05) is 0 Å². The molecule has 0 amide bonds. The molecule has 0 heterocycles. The SMILES string of the molecule is FC(F)Oc1cccc(OC(F)(F)F)c1CCCBr. The van der Waals surface area contributed by atoms with Gasteiger partial charge in [0.2, 0.25) is 0 Å². The van der Waals surface area contributed by atoms with Crippen LogP contribution in [0.15, 0.2) is 18.2 Å². The number of alkyl halides is 6. The van der Waals surface area contributed by atoms with E-state index in [0.29, 0.717) is 11.8 Å². The van der Waals surface area contributed by atoms with Gasteiger partial charge in [0.1, 0.15) is 11.5 Å². The molecule has 0 N–H and O–H groups in total. The number of halogens is 6. The van der Waals surface area contributed by atoms with Gasteiger partial charge in [0.05, 0.1) is 0 Å². The van der Waals surface area contributed by atoms with Crippen molar-refractivity contribution in [3.8, 4) is 11.5 Å². The summed E-state index contributed by atoms with van der Waals surface area (Å²) in [4.78, 5) is 0. The minimum atomic E-state index is -4.88. The van der Waals surface area contributed by atoms with Crippen molar-refractivity contribution < 1.29 is 31.4 Å². The van der Waals surface area contributed by atoms with Crippen molar-refractivity contribution in [2.45, 2.75) is 25.8 Å². The first-order valence-electron chi connectivity index (χ1n) is 5.22. The Morgan fingerprint density at radius 2 is 1.79 bits per heavy atom. The van der Waals surface area contributed by atoms with E-state index in [4.69, 9.17) is 0 Å². The van der Waals surface area contributed by atoms with Crippen LogP contribution in [0.25, 0.3) is 0 Å². The number of hydrogen-bond acceptors (Lipinski definition) is 2. The molecule has 2 nitrogen and oxygen atoms in total. The van der Waals surface area contributed by atoms with Gasteiger partial charge in [0.15, 0.2) is 0 Å². The van der Waals surface area contributed by atoms with Gasteiger partial charge in [0.25, 0.3) is 0 Å². The molecule has 0 aliphatic carbocycles. The molecule has 0 saturated carbocycles. The summed E-state index contributed by atoms with van der Waals surface area (Å²) in [7, 11) is 0. The summed E-state index contributed by atoms with van der Waals surface area (Å²) in [5.74, 6) is -0.829. The van der Waals surface area contributed by atoms with Gasteiger partial charge in [-0.2, -0.15) is 8.78 Å². The molecule has 108 valence electrons. The number of benzene rings is 1.